The Bertz CT molecular complexity index is 548. The molecule has 1 heterocycles. The van der Waals surface area contributed by atoms with Crippen molar-refractivity contribution < 1.29 is 0 Å². The Hall–Kier alpha value is -1.68. The molecule has 0 radical (unpaired) electrons. The van der Waals surface area contributed by atoms with Gasteiger partial charge in [-0.25, -0.2) is 4.98 Å². The van der Waals surface area contributed by atoms with Gasteiger partial charge in [0, 0.05) is 26.8 Å². The van der Waals surface area contributed by atoms with Crippen LogP contribution >= 0.6 is 11.6 Å². The number of anilines is 2. The topological polar surface area (TPSA) is 33.1 Å². The van der Waals surface area contributed by atoms with Crippen molar-refractivity contribution in [3.05, 3.63) is 41.4 Å². The first kappa shape index (κ1) is 13.7. The number of imidazole rings is 1. The van der Waals surface area contributed by atoms with E-state index in [0.29, 0.717) is 0 Å². The summed E-state index contributed by atoms with van der Waals surface area (Å²) in [5, 5.41) is 4.17. The molecule has 0 saturated heterocycles. The van der Waals surface area contributed by atoms with Crippen molar-refractivity contribution in [1.29, 1.82) is 0 Å². The number of aromatic nitrogens is 2. The molecule has 1 aromatic carbocycles. The normalized spacial score (nSPS) is 10.5. The summed E-state index contributed by atoms with van der Waals surface area (Å²) in [4.78, 5) is 6.18. The summed E-state index contributed by atoms with van der Waals surface area (Å²) in [7, 11) is 3.98. The number of nitrogens with one attached hydrogen (secondary N) is 1. The molecule has 0 aliphatic carbocycles. The van der Waals surface area contributed by atoms with Gasteiger partial charge in [0.1, 0.15) is 0 Å². The SMILES string of the molecule is CCn1cncc1CNc1cccc(Cl)c1N(C)C. The molecule has 0 saturated carbocycles. The van der Waals surface area contributed by atoms with Crippen molar-refractivity contribution >= 4 is 23.0 Å². The van der Waals surface area contributed by atoms with E-state index >= 15 is 0 Å². The van der Waals surface area contributed by atoms with Crippen LogP contribution in [-0.4, -0.2) is 23.6 Å². The van der Waals surface area contributed by atoms with Crippen molar-refractivity contribution in [2.75, 3.05) is 24.3 Å². The van der Waals surface area contributed by atoms with E-state index in [1.165, 1.54) is 0 Å². The predicted octanol–water partition coefficient (Wildman–Crippen LogP) is 3.23. The Morgan fingerprint density at radius 2 is 2.16 bits per heavy atom. The lowest BCUT2D eigenvalue weighted by Crippen LogP contribution is -2.13. The zero-order valence-corrected chi connectivity index (χ0v) is 12.3. The molecule has 4 nitrogen and oxygen atoms in total. The van der Waals surface area contributed by atoms with Gasteiger partial charge < -0.3 is 14.8 Å². The fourth-order valence-electron chi connectivity index (χ4n) is 2.08. The van der Waals surface area contributed by atoms with Gasteiger partial charge in [0.25, 0.3) is 0 Å². The van der Waals surface area contributed by atoms with E-state index in [2.05, 4.69) is 21.8 Å². The molecular weight excluding hydrogens is 260 g/mol. The van der Waals surface area contributed by atoms with E-state index in [1.807, 2.05) is 49.7 Å². The second-order valence-corrected chi connectivity index (χ2v) is 4.96. The van der Waals surface area contributed by atoms with Crippen LogP contribution in [0.2, 0.25) is 5.02 Å². The molecule has 0 aliphatic rings. The smallest absolute Gasteiger partial charge is 0.0948 e. The van der Waals surface area contributed by atoms with Crippen molar-refractivity contribution in [2.24, 2.45) is 0 Å². The molecule has 0 amide bonds. The molecule has 102 valence electrons. The van der Waals surface area contributed by atoms with Gasteiger partial charge in [-0.05, 0) is 19.1 Å². The van der Waals surface area contributed by atoms with Gasteiger partial charge in [-0.2, -0.15) is 0 Å². The molecule has 0 atom stereocenters. The van der Waals surface area contributed by atoms with Crippen molar-refractivity contribution in [3.63, 3.8) is 0 Å². The molecule has 1 N–H and O–H groups in total. The first-order chi connectivity index (χ1) is 9.13. The van der Waals surface area contributed by atoms with Crippen LogP contribution in [0.5, 0.6) is 0 Å². The molecule has 0 spiro atoms. The van der Waals surface area contributed by atoms with E-state index in [1.54, 1.807) is 0 Å². The molecule has 1 aromatic heterocycles. The second kappa shape index (κ2) is 5.97. The minimum atomic E-state index is 0.731. The Morgan fingerprint density at radius 3 is 2.84 bits per heavy atom. The third-order valence-corrected chi connectivity index (χ3v) is 3.34. The van der Waals surface area contributed by atoms with Gasteiger partial charge in [0.15, 0.2) is 0 Å². The van der Waals surface area contributed by atoms with Crippen LogP contribution in [0.25, 0.3) is 0 Å². The number of aryl methyl sites for hydroxylation is 1. The van der Waals surface area contributed by atoms with Crippen LogP contribution in [0.4, 0.5) is 11.4 Å². The quantitative estimate of drug-likeness (QED) is 0.911. The maximum absolute atomic E-state index is 6.24. The lowest BCUT2D eigenvalue weighted by atomic mass is 10.2. The van der Waals surface area contributed by atoms with Crippen LogP contribution < -0.4 is 10.2 Å². The minimum Gasteiger partial charge on any atom is -0.378 e. The highest BCUT2D eigenvalue weighted by molar-refractivity contribution is 6.34. The molecule has 2 aromatic rings. The summed E-state index contributed by atoms with van der Waals surface area (Å²) in [6, 6.07) is 5.89. The summed E-state index contributed by atoms with van der Waals surface area (Å²) < 4.78 is 2.12. The number of rotatable bonds is 5. The predicted molar refractivity (Wildman–Crippen MR) is 81.0 cm³/mol. The van der Waals surface area contributed by atoms with Crippen LogP contribution in [0.3, 0.4) is 0 Å². The van der Waals surface area contributed by atoms with Crippen LogP contribution in [0.15, 0.2) is 30.7 Å². The number of benzene rings is 1. The van der Waals surface area contributed by atoms with Gasteiger partial charge in [0.2, 0.25) is 0 Å². The standard InChI is InChI=1S/C14H19ClN4/c1-4-19-10-16-8-11(19)9-17-13-7-5-6-12(15)14(13)18(2)3/h5-8,10,17H,4,9H2,1-3H3. The molecular formula is C14H19ClN4. The Kier molecular flexibility index (Phi) is 4.32. The lowest BCUT2D eigenvalue weighted by Gasteiger charge is -2.20. The first-order valence-electron chi connectivity index (χ1n) is 6.32. The van der Waals surface area contributed by atoms with E-state index in [0.717, 1.165) is 35.2 Å². The van der Waals surface area contributed by atoms with Gasteiger partial charge in [-0.15, -0.1) is 0 Å². The van der Waals surface area contributed by atoms with Crippen molar-refractivity contribution in [1.82, 2.24) is 9.55 Å². The molecule has 0 unspecified atom stereocenters. The monoisotopic (exact) mass is 278 g/mol. The molecule has 0 bridgehead atoms. The number of hydrogen-bond acceptors (Lipinski definition) is 3. The zero-order valence-electron chi connectivity index (χ0n) is 11.5. The zero-order chi connectivity index (χ0) is 13.8. The van der Waals surface area contributed by atoms with Crippen LogP contribution in [0, 0.1) is 0 Å². The van der Waals surface area contributed by atoms with Gasteiger partial charge in [-0.3, -0.25) is 0 Å². The van der Waals surface area contributed by atoms with Crippen molar-refractivity contribution in [2.45, 2.75) is 20.0 Å². The van der Waals surface area contributed by atoms with E-state index in [-0.39, 0.29) is 0 Å². The fraction of sp³-hybridized carbons (Fsp3) is 0.357. The van der Waals surface area contributed by atoms with Gasteiger partial charge in [-0.1, -0.05) is 17.7 Å². The molecule has 2 rings (SSSR count). The average molecular weight is 279 g/mol. The third-order valence-electron chi connectivity index (χ3n) is 3.03. The summed E-state index contributed by atoms with van der Waals surface area (Å²) in [6.45, 7) is 3.76. The number of para-hydroxylation sites is 1. The van der Waals surface area contributed by atoms with Crippen LogP contribution in [-0.2, 0) is 13.1 Å². The van der Waals surface area contributed by atoms with Gasteiger partial charge in [0.05, 0.1) is 35.0 Å². The maximum atomic E-state index is 6.24. The highest BCUT2D eigenvalue weighted by Crippen LogP contribution is 2.32. The fourth-order valence-corrected chi connectivity index (χ4v) is 2.42. The largest absolute Gasteiger partial charge is 0.378 e. The lowest BCUT2D eigenvalue weighted by molar-refractivity contribution is 0.719. The summed E-state index contributed by atoms with van der Waals surface area (Å²) in [5.74, 6) is 0. The molecule has 19 heavy (non-hydrogen) atoms. The maximum Gasteiger partial charge on any atom is 0.0948 e. The molecule has 5 heteroatoms. The van der Waals surface area contributed by atoms with Gasteiger partial charge >= 0.3 is 0 Å². The van der Waals surface area contributed by atoms with Crippen molar-refractivity contribution in [3.8, 4) is 0 Å². The second-order valence-electron chi connectivity index (χ2n) is 4.55. The number of halogens is 1. The van der Waals surface area contributed by atoms with E-state index in [4.69, 9.17) is 11.6 Å². The Morgan fingerprint density at radius 1 is 1.37 bits per heavy atom. The van der Waals surface area contributed by atoms with Crippen LogP contribution in [0.1, 0.15) is 12.6 Å². The average Bonchev–Trinajstić information content (AvgIpc) is 2.83. The Balaban J connectivity index is 2.18. The summed E-state index contributed by atoms with van der Waals surface area (Å²) >= 11 is 6.24. The third kappa shape index (κ3) is 3.01. The summed E-state index contributed by atoms with van der Waals surface area (Å²) in [6.07, 6.45) is 3.73. The molecule has 0 fully saturated rings. The Labute approximate surface area is 119 Å². The highest BCUT2D eigenvalue weighted by atomic mass is 35.5. The minimum absolute atomic E-state index is 0.731. The van der Waals surface area contributed by atoms with E-state index in [9.17, 15) is 0 Å². The first-order valence-corrected chi connectivity index (χ1v) is 6.70. The number of nitrogens with zero attached hydrogens (tertiary/aromatic N) is 3. The highest BCUT2D eigenvalue weighted by Gasteiger charge is 2.09. The summed E-state index contributed by atoms with van der Waals surface area (Å²) in [5.41, 5.74) is 3.19. The van der Waals surface area contributed by atoms with E-state index < -0.39 is 0 Å². The number of hydrogen-bond donors (Lipinski definition) is 1. The molecule has 0 aliphatic heterocycles.